The van der Waals surface area contributed by atoms with Crippen molar-refractivity contribution in [2.45, 2.75) is 6.54 Å². The van der Waals surface area contributed by atoms with Gasteiger partial charge in [0.1, 0.15) is 11.3 Å². The molecule has 0 radical (unpaired) electrons. The Bertz CT molecular complexity index is 760. The molecule has 0 fully saturated rings. The minimum absolute atomic E-state index is 0.741. The Balaban J connectivity index is 2.08. The molecule has 0 saturated carbocycles. The quantitative estimate of drug-likeness (QED) is 0.631. The third-order valence-electron chi connectivity index (χ3n) is 3.38. The standard InChI is InChI=1S/C15H10ClNO/c16-9-5-6-14-11(7-9)12-8-17-13-4-2-1-3-10(13)15(12)18-14/h1-7,17H,8H2. The molecule has 2 aromatic carbocycles. The summed E-state index contributed by atoms with van der Waals surface area (Å²) >= 11 is 6.06. The maximum atomic E-state index is 6.06. The smallest absolute Gasteiger partial charge is 0.142 e. The fourth-order valence-electron chi connectivity index (χ4n) is 2.53. The van der Waals surface area contributed by atoms with Crippen LogP contribution in [0.2, 0.25) is 5.02 Å². The van der Waals surface area contributed by atoms with Gasteiger partial charge in [-0.3, -0.25) is 0 Å². The summed E-state index contributed by atoms with van der Waals surface area (Å²) in [5.41, 5.74) is 4.32. The second-order valence-corrected chi connectivity index (χ2v) is 4.89. The van der Waals surface area contributed by atoms with Gasteiger partial charge in [0.05, 0.1) is 0 Å². The molecule has 1 aliphatic heterocycles. The Morgan fingerprint density at radius 2 is 2.00 bits per heavy atom. The number of halogens is 1. The summed E-state index contributed by atoms with van der Waals surface area (Å²) in [6, 6.07) is 13.9. The van der Waals surface area contributed by atoms with Gasteiger partial charge in [-0.2, -0.15) is 0 Å². The molecule has 88 valence electrons. The molecule has 0 bridgehead atoms. The normalized spacial score (nSPS) is 12.9. The highest BCUT2D eigenvalue weighted by molar-refractivity contribution is 6.31. The maximum Gasteiger partial charge on any atom is 0.142 e. The lowest BCUT2D eigenvalue weighted by Gasteiger charge is -2.16. The lowest BCUT2D eigenvalue weighted by molar-refractivity contribution is 0.626. The highest BCUT2D eigenvalue weighted by Gasteiger charge is 2.22. The first-order valence-corrected chi connectivity index (χ1v) is 6.25. The number of anilines is 1. The molecule has 3 aromatic rings. The Hall–Kier alpha value is -1.93. The van der Waals surface area contributed by atoms with Crippen LogP contribution in [0.5, 0.6) is 0 Å². The van der Waals surface area contributed by atoms with E-state index in [0.29, 0.717) is 0 Å². The molecule has 0 amide bonds. The fourth-order valence-corrected chi connectivity index (χ4v) is 2.70. The van der Waals surface area contributed by atoms with Gasteiger partial charge >= 0.3 is 0 Å². The van der Waals surface area contributed by atoms with Crippen LogP contribution in [-0.4, -0.2) is 0 Å². The molecule has 2 nitrogen and oxygen atoms in total. The minimum Gasteiger partial charge on any atom is -0.456 e. The van der Waals surface area contributed by atoms with Crippen molar-refractivity contribution < 1.29 is 4.42 Å². The number of nitrogens with one attached hydrogen (secondary N) is 1. The van der Waals surface area contributed by atoms with Crippen molar-refractivity contribution in [2.75, 3.05) is 5.32 Å². The van der Waals surface area contributed by atoms with E-state index in [0.717, 1.165) is 39.5 Å². The molecule has 0 aliphatic carbocycles. The SMILES string of the molecule is Clc1ccc2oc3c(c2c1)CNc1ccccc1-3. The van der Waals surface area contributed by atoms with Crippen molar-refractivity contribution in [1.82, 2.24) is 0 Å². The van der Waals surface area contributed by atoms with E-state index in [1.165, 1.54) is 5.56 Å². The van der Waals surface area contributed by atoms with Gasteiger partial charge in [-0.15, -0.1) is 0 Å². The molecule has 1 aromatic heterocycles. The van der Waals surface area contributed by atoms with Crippen molar-refractivity contribution in [3.8, 4) is 11.3 Å². The summed E-state index contributed by atoms with van der Waals surface area (Å²) in [6.07, 6.45) is 0. The summed E-state index contributed by atoms with van der Waals surface area (Å²) in [4.78, 5) is 0. The first-order chi connectivity index (χ1) is 8.83. The molecule has 1 aliphatic rings. The first kappa shape index (κ1) is 10.0. The molecule has 4 rings (SSSR count). The van der Waals surface area contributed by atoms with E-state index in [9.17, 15) is 0 Å². The lowest BCUT2D eigenvalue weighted by Crippen LogP contribution is -2.06. The zero-order valence-corrected chi connectivity index (χ0v) is 10.3. The summed E-state index contributed by atoms with van der Waals surface area (Å²) in [5, 5.41) is 5.25. The molecule has 0 spiro atoms. The van der Waals surface area contributed by atoms with Crippen LogP contribution in [0, 0.1) is 0 Å². The van der Waals surface area contributed by atoms with Gasteiger partial charge in [-0.1, -0.05) is 23.7 Å². The number of furan rings is 1. The Labute approximate surface area is 109 Å². The van der Waals surface area contributed by atoms with Gasteiger partial charge in [0.25, 0.3) is 0 Å². The van der Waals surface area contributed by atoms with Gasteiger partial charge in [0.2, 0.25) is 0 Å². The average Bonchev–Trinajstić information content (AvgIpc) is 2.77. The average molecular weight is 256 g/mol. The third-order valence-corrected chi connectivity index (χ3v) is 3.62. The van der Waals surface area contributed by atoms with Crippen LogP contribution in [0.3, 0.4) is 0 Å². The fraction of sp³-hybridized carbons (Fsp3) is 0.0667. The summed E-state index contributed by atoms with van der Waals surface area (Å²) < 4.78 is 5.97. The highest BCUT2D eigenvalue weighted by atomic mass is 35.5. The van der Waals surface area contributed by atoms with Gasteiger partial charge in [0.15, 0.2) is 0 Å². The number of para-hydroxylation sites is 1. The van der Waals surface area contributed by atoms with E-state index in [1.807, 2.05) is 30.3 Å². The number of hydrogen-bond donors (Lipinski definition) is 1. The molecule has 3 heteroatoms. The topological polar surface area (TPSA) is 25.2 Å². The number of benzene rings is 2. The van der Waals surface area contributed by atoms with E-state index < -0.39 is 0 Å². The molecule has 0 unspecified atom stereocenters. The van der Waals surface area contributed by atoms with E-state index in [2.05, 4.69) is 17.4 Å². The van der Waals surface area contributed by atoms with Crippen LogP contribution < -0.4 is 5.32 Å². The third kappa shape index (κ3) is 1.30. The summed E-state index contributed by atoms with van der Waals surface area (Å²) in [7, 11) is 0. The first-order valence-electron chi connectivity index (χ1n) is 5.87. The zero-order valence-electron chi connectivity index (χ0n) is 9.53. The maximum absolute atomic E-state index is 6.06. The Morgan fingerprint density at radius 3 is 2.94 bits per heavy atom. The van der Waals surface area contributed by atoms with Gasteiger partial charge in [0, 0.05) is 33.8 Å². The monoisotopic (exact) mass is 255 g/mol. The van der Waals surface area contributed by atoms with Crippen LogP contribution in [0.25, 0.3) is 22.3 Å². The Kier molecular flexibility index (Phi) is 1.97. The highest BCUT2D eigenvalue weighted by Crippen LogP contribution is 2.41. The Morgan fingerprint density at radius 1 is 1.11 bits per heavy atom. The zero-order chi connectivity index (χ0) is 12.1. The van der Waals surface area contributed by atoms with Crippen LogP contribution in [-0.2, 0) is 6.54 Å². The molecule has 1 N–H and O–H groups in total. The summed E-state index contributed by atoms with van der Waals surface area (Å²) in [6.45, 7) is 0.777. The second-order valence-electron chi connectivity index (χ2n) is 4.45. The van der Waals surface area contributed by atoms with E-state index >= 15 is 0 Å². The minimum atomic E-state index is 0.741. The van der Waals surface area contributed by atoms with Gasteiger partial charge in [-0.25, -0.2) is 0 Å². The van der Waals surface area contributed by atoms with Gasteiger partial charge < -0.3 is 9.73 Å². The molecule has 0 saturated heterocycles. The number of rotatable bonds is 0. The molecule has 0 atom stereocenters. The van der Waals surface area contributed by atoms with Crippen LogP contribution >= 0.6 is 11.6 Å². The predicted octanol–water partition coefficient (Wildman–Crippen LogP) is 4.68. The van der Waals surface area contributed by atoms with Crippen molar-refractivity contribution in [3.05, 3.63) is 53.1 Å². The van der Waals surface area contributed by atoms with Crippen molar-refractivity contribution >= 4 is 28.3 Å². The molecule has 2 heterocycles. The van der Waals surface area contributed by atoms with Crippen LogP contribution in [0.15, 0.2) is 46.9 Å². The van der Waals surface area contributed by atoms with Crippen molar-refractivity contribution in [1.29, 1.82) is 0 Å². The molecular formula is C15H10ClNO. The second kappa shape index (κ2) is 3.53. The molecule has 18 heavy (non-hydrogen) atoms. The van der Waals surface area contributed by atoms with Crippen molar-refractivity contribution in [3.63, 3.8) is 0 Å². The number of hydrogen-bond acceptors (Lipinski definition) is 2. The number of fused-ring (bicyclic) bond motifs is 5. The van der Waals surface area contributed by atoms with Crippen LogP contribution in [0.1, 0.15) is 5.56 Å². The largest absolute Gasteiger partial charge is 0.456 e. The van der Waals surface area contributed by atoms with Crippen LogP contribution in [0.4, 0.5) is 5.69 Å². The lowest BCUT2D eigenvalue weighted by atomic mass is 10.0. The van der Waals surface area contributed by atoms with E-state index in [4.69, 9.17) is 16.0 Å². The predicted molar refractivity (Wildman–Crippen MR) is 74.0 cm³/mol. The summed E-state index contributed by atoms with van der Waals surface area (Å²) in [5.74, 6) is 0.960. The van der Waals surface area contributed by atoms with E-state index in [1.54, 1.807) is 0 Å². The molecular weight excluding hydrogens is 246 g/mol. The van der Waals surface area contributed by atoms with E-state index in [-0.39, 0.29) is 0 Å². The van der Waals surface area contributed by atoms with Gasteiger partial charge in [-0.05, 0) is 30.3 Å². The van der Waals surface area contributed by atoms with Crippen molar-refractivity contribution in [2.24, 2.45) is 0 Å².